The molecule has 1 aliphatic rings. The van der Waals surface area contributed by atoms with Crippen molar-refractivity contribution in [2.45, 2.75) is 24.5 Å². The Kier molecular flexibility index (Phi) is 4.14. The van der Waals surface area contributed by atoms with E-state index in [1.54, 1.807) is 7.05 Å². The fraction of sp³-hybridized carbons (Fsp3) is 0.545. The molecule has 1 aromatic rings. The zero-order valence-electron chi connectivity index (χ0n) is 10.9. The van der Waals surface area contributed by atoms with Gasteiger partial charge in [-0.1, -0.05) is 0 Å². The van der Waals surface area contributed by atoms with Crippen LogP contribution in [0.1, 0.15) is 0 Å². The van der Waals surface area contributed by atoms with Gasteiger partial charge < -0.3 is 30.7 Å². The molecule has 0 amide bonds. The van der Waals surface area contributed by atoms with Crippen molar-refractivity contribution in [1.82, 2.24) is 9.97 Å². The number of hydrogen-bond donors (Lipinski definition) is 4. The fourth-order valence-corrected chi connectivity index (χ4v) is 2.11. The van der Waals surface area contributed by atoms with E-state index in [9.17, 15) is 10.2 Å². The first-order valence-electron chi connectivity index (χ1n) is 5.93. The van der Waals surface area contributed by atoms with Crippen LogP contribution in [0.2, 0.25) is 0 Å². The summed E-state index contributed by atoms with van der Waals surface area (Å²) in [5.74, 6) is 0.450. The van der Waals surface area contributed by atoms with Crippen LogP contribution in [0.4, 0.5) is 17.3 Å². The predicted octanol–water partition coefficient (Wildman–Crippen LogP) is -1.73. The molecule has 0 radical (unpaired) electrons. The van der Waals surface area contributed by atoms with Gasteiger partial charge in [0, 0.05) is 7.05 Å². The number of likely N-dealkylation sites (N-methyl/N-ethyl adjacent to an activating group) is 1. The number of aliphatic imine (C=N–C) groups is 1. The lowest BCUT2D eigenvalue weighted by atomic mass is 10.1. The number of aromatic nitrogens is 2. The zero-order chi connectivity index (χ0) is 14.9. The van der Waals surface area contributed by atoms with Crippen molar-refractivity contribution < 1.29 is 20.1 Å². The minimum absolute atomic E-state index is 0.142. The summed E-state index contributed by atoms with van der Waals surface area (Å²) in [7, 11) is 1.59. The van der Waals surface area contributed by atoms with Gasteiger partial charge in [-0.3, -0.25) is 4.99 Å². The Balaban J connectivity index is 2.30. The van der Waals surface area contributed by atoms with Crippen LogP contribution in [0.25, 0.3) is 0 Å². The molecular formula is C11H17N5O4. The molecular weight excluding hydrogens is 266 g/mol. The van der Waals surface area contributed by atoms with Crippen LogP contribution in [0.3, 0.4) is 0 Å². The highest BCUT2D eigenvalue weighted by molar-refractivity contribution is 5.74. The second kappa shape index (κ2) is 5.67. The first-order valence-corrected chi connectivity index (χ1v) is 5.93. The summed E-state index contributed by atoms with van der Waals surface area (Å²) in [6.07, 6.45) is -2.90. The highest BCUT2D eigenvalue weighted by Crippen LogP contribution is 2.33. The number of nitrogen functional groups attached to an aromatic ring is 1. The van der Waals surface area contributed by atoms with Crippen molar-refractivity contribution in [2.24, 2.45) is 4.99 Å². The third-order valence-corrected chi connectivity index (χ3v) is 3.22. The maximum atomic E-state index is 9.97. The molecule has 9 nitrogen and oxygen atoms in total. The number of aliphatic hydroxyl groups is 3. The van der Waals surface area contributed by atoms with E-state index in [2.05, 4.69) is 21.7 Å². The standard InChI is InChI=1S/C11H17N5O4/c1-13-6-9(12)14-4-15-10(6)16(2)11-8(19)7(18)5(3-17)20-11/h4-5,7-8,11,17-19H,1,3H2,2H3,(H2,12,14,15)/t5-,7-,8-,11-/m1/s1. The van der Waals surface area contributed by atoms with Crippen LogP contribution in [-0.2, 0) is 4.74 Å². The molecule has 0 aromatic carbocycles. The molecule has 0 saturated carbocycles. The smallest absolute Gasteiger partial charge is 0.162 e. The molecule has 1 aliphatic heterocycles. The van der Waals surface area contributed by atoms with Gasteiger partial charge in [-0.05, 0) is 6.72 Å². The van der Waals surface area contributed by atoms with E-state index in [1.807, 2.05) is 0 Å². The largest absolute Gasteiger partial charge is 0.394 e. The van der Waals surface area contributed by atoms with Crippen LogP contribution in [0.15, 0.2) is 11.3 Å². The first kappa shape index (κ1) is 14.6. The predicted molar refractivity (Wildman–Crippen MR) is 71.8 cm³/mol. The molecule has 1 saturated heterocycles. The normalized spacial score (nSPS) is 29.4. The topological polar surface area (TPSA) is 137 Å². The van der Waals surface area contributed by atoms with Crippen molar-refractivity contribution in [3.05, 3.63) is 6.33 Å². The third kappa shape index (κ3) is 2.31. The third-order valence-electron chi connectivity index (χ3n) is 3.22. The Bertz CT molecular complexity index is 500. The highest BCUT2D eigenvalue weighted by Gasteiger charge is 2.45. The first-order chi connectivity index (χ1) is 9.51. The quantitative estimate of drug-likeness (QED) is 0.478. The second-order valence-corrected chi connectivity index (χ2v) is 4.43. The Hall–Kier alpha value is -1.81. The summed E-state index contributed by atoms with van der Waals surface area (Å²) in [4.78, 5) is 13.0. The highest BCUT2D eigenvalue weighted by atomic mass is 16.6. The number of aliphatic hydroxyl groups excluding tert-OH is 3. The molecule has 2 rings (SSSR count). The van der Waals surface area contributed by atoms with Crippen molar-refractivity contribution in [3.63, 3.8) is 0 Å². The molecule has 5 N–H and O–H groups in total. The SMILES string of the molecule is C=Nc1c(N)ncnc1N(C)[C@@H]1O[C@H](CO)[C@@H](O)[C@H]1O. The number of hydrogen-bond acceptors (Lipinski definition) is 9. The van der Waals surface area contributed by atoms with Gasteiger partial charge in [0.2, 0.25) is 0 Å². The van der Waals surface area contributed by atoms with E-state index in [-0.39, 0.29) is 11.5 Å². The fourth-order valence-electron chi connectivity index (χ4n) is 2.11. The number of rotatable bonds is 4. The molecule has 4 atom stereocenters. The van der Waals surface area contributed by atoms with Gasteiger partial charge in [0.15, 0.2) is 17.9 Å². The van der Waals surface area contributed by atoms with E-state index in [1.165, 1.54) is 11.2 Å². The van der Waals surface area contributed by atoms with Crippen molar-refractivity contribution in [3.8, 4) is 0 Å². The van der Waals surface area contributed by atoms with Gasteiger partial charge in [-0.15, -0.1) is 0 Å². The van der Waals surface area contributed by atoms with Crippen molar-refractivity contribution in [1.29, 1.82) is 0 Å². The summed E-state index contributed by atoms with van der Waals surface area (Å²) < 4.78 is 5.40. The number of anilines is 2. The van der Waals surface area contributed by atoms with Gasteiger partial charge >= 0.3 is 0 Å². The monoisotopic (exact) mass is 283 g/mol. The van der Waals surface area contributed by atoms with E-state index in [4.69, 9.17) is 15.6 Å². The molecule has 0 spiro atoms. The lowest BCUT2D eigenvalue weighted by molar-refractivity contribution is -0.0213. The Morgan fingerprint density at radius 1 is 1.45 bits per heavy atom. The molecule has 0 aliphatic carbocycles. The summed E-state index contributed by atoms with van der Waals surface area (Å²) in [5.41, 5.74) is 5.94. The second-order valence-electron chi connectivity index (χ2n) is 4.43. The molecule has 20 heavy (non-hydrogen) atoms. The maximum Gasteiger partial charge on any atom is 0.162 e. The van der Waals surface area contributed by atoms with Crippen LogP contribution in [0.5, 0.6) is 0 Å². The van der Waals surface area contributed by atoms with Gasteiger partial charge in [0.25, 0.3) is 0 Å². The molecule has 1 aromatic heterocycles. The van der Waals surface area contributed by atoms with Gasteiger partial charge in [-0.25, -0.2) is 9.97 Å². The summed E-state index contributed by atoms with van der Waals surface area (Å²) in [6.45, 7) is 3.00. The average Bonchev–Trinajstić information content (AvgIpc) is 2.74. The Morgan fingerprint density at radius 3 is 2.70 bits per heavy atom. The molecule has 0 bridgehead atoms. The minimum Gasteiger partial charge on any atom is -0.394 e. The number of ether oxygens (including phenoxy) is 1. The van der Waals surface area contributed by atoms with Gasteiger partial charge in [0.05, 0.1) is 6.61 Å². The average molecular weight is 283 g/mol. The molecule has 1 fully saturated rings. The molecule has 110 valence electrons. The zero-order valence-corrected chi connectivity index (χ0v) is 10.9. The van der Waals surface area contributed by atoms with Crippen LogP contribution in [0, 0.1) is 0 Å². The van der Waals surface area contributed by atoms with Crippen LogP contribution < -0.4 is 10.6 Å². The van der Waals surface area contributed by atoms with Gasteiger partial charge in [-0.2, -0.15) is 0 Å². The van der Waals surface area contributed by atoms with E-state index in [0.717, 1.165) is 0 Å². The van der Waals surface area contributed by atoms with Gasteiger partial charge in [0.1, 0.15) is 30.3 Å². The summed E-state index contributed by atoms with van der Waals surface area (Å²) >= 11 is 0. The number of nitrogens with two attached hydrogens (primary N) is 1. The summed E-state index contributed by atoms with van der Waals surface area (Å²) in [5, 5.41) is 28.8. The van der Waals surface area contributed by atoms with Crippen LogP contribution >= 0.6 is 0 Å². The van der Waals surface area contributed by atoms with Crippen molar-refractivity contribution >= 4 is 24.0 Å². The number of nitrogens with zero attached hydrogens (tertiary/aromatic N) is 4. The maximum absolute atomic E-state index is 9.97. The lowest BCUT2D eigenvalue weighted by Crippen LogP contribution is -2.42. The molecule has 9 heteroatoms. The molecule has 2 heterocycles. The minimum atomic E-state index is -1.20. The van der Waals surface area contributed by atoms with Crippen molar-refractivity contribution in [2.75, 3.05) is 24.3 Å². The molecule has 0 unspecified atom stereocenters. The Labute approximate surface area is 115 Å². The van der Waals surface area contributed by atoms with Crippen LogP contribution in [-0.4, -0.2) is 70.2 Å². The summed E-state index contributed by atoms with van der Waals surface area (Å²) in [6, 6.07) is 0. The van der Waals surface area contributed by atoms with E-state index < -0.39 is 31.1 Å². The lowest BCUT2D eigenvalue weighted by Gasteiger charge is -2.28. The van der Waals surface area contributed by atoms with E-state index >= 15 is 0 Å². The van der Waals surface area contributed by atoms with E-state index in [0.29, 0.717) is 5.82 Å². The Morgan fingerprint density at radius 2 is 2.15 bits per heavy atom.